The lowest BCUT2D eigenvalue weighted by molar-refractivity contribution is 0.315. The minimum atomic E-state index is 0.0234. The van der Waals surface area contributed by atoms with Crippen LogP contribution in [0, 0.1) is 0 Å². The first-order valence-corrected chi connectivity index (χ1v) is 8.43. The van der Waals surface area contributed by atoms with E-state index in [-0.39, 0.29) is 4.83 Å². The van der Waals surface area contributed by atoms with Crippen molar-refractivity contribution in [2.24, 2.45) is 0 Å². The second-order valence-electron chi connectivity index (χ2n) is 4.04. The van der Waals surface area contributed by atoms with Gasteiger partial charge < -0.3 is 9.15 Å². The van der Waals surface area contributed by atoms with Crippen molar-refractivity contribution in [2.45, 2.75) is 18.2 Å². The van der Waals surface area contributed by atoms with Crippen LogP contribution in [0.4, 0.5) is 0 Å². The second kappa shape index (κ2) is 6.95. The van der Waals surface area contributed by atoms with Crippen LogP contribution in [0.1, 0.15) is 29.5 Å². The Morgan fingerprint density at radius 1 is 1.21 bits per heavy atom. The van der Waals surface area contributed by atoms with Crippen molar-refractivity contribution >= 4 is 47.8 Å². The first kappa shape index (κ1) is 15.1. The van der Waals surface area contributed by atoms with Gasteiger partial charge in [0.1, 0.15) is 11.5 Å². The Balaban J connectivity index is 2.19. The summed E-state index contributed by atoms with van der Waals surface area (Å²) in [5, 5.41) is 0. The van der Waals surface area contributed by atoms with Gasteiger partial charge in [0.05, 0.1) is 15.9 Å². The zero-order valence-electron chi connectivity index (χ0n) is 10.3. The minimum absolute atomic E-state index is 0.0234. The van der Waals surface area contributed by atoms with E-state index in [1.807, 2.05) is 30.3 Å². The van der Waals surface area contributed by atoms with Crippen molar-refractivity contribution in [2.75, 3.05) is 6.61 Å². The molecule has 0 saturated heterocycles. The van der Waals surface area contributed by atoms with Gasteiger partial charge in [0.2, 0.25) is 0 Å². The van der Waals surface area contributed by atoms with Crippen LogP contribution in [0.15, 0.2) is 43.9 Å². The van der Waals surface area contributed by atoms with Crippen molar-refractivity contribution in [1.82, 2.24) is 0 Å². The molecule has 1 unspecified atom stereocenters. The molecule has 2 rings (SSSR count). The van der Waals surface area contributed by atoms with Gasteiger partial charge in [-0.25, -0.2) is 0 Å². The van der Waals surface area contributed by atoms with E-state index in [0.717, 1.165) is 39.2 Å². The highest BCUT2D eigenvalue weighted by molar-refractivity contribution is 9.10. The molecule has 19 heavy (non-hydrogen) atoms. The lowest BCUT2D eigenvalue weighted by atomic mass is 10.1. The van der Waals surface area contributed by atoms with E-state index in [0.29, 0.717) is 0 Å². The maximum absolute atomic E-state index is 5.64. The predicted molar refractivity (Wildman–Crippen MR) is 87.1 cm³/mol. The van der Waals surface area contributed by atoms with Gasteiger partial charge in [-0.3, -0.25) is 0 Å². The van der Waals surface area contributed by atoms with Gasteiger partial charge >= 0.3 is 0 Å². The Hall–Kier alpha value is -0.260. The Labute approximate surface area is 137 Å². The van der Waals surface area contributed by atoms with E-state index in [9.17, 15) is 0 Å². The molecule has 1 aromatic carbocycles. The summed E-state index contributed by atoms with van der Waals surface area (Å²) in [7, 11) is 0. The molecule has 0 saturated carbocycles. The highest BCUT2D eigenvalue weighted by Crippen LogP contribution is 2.36. The summed E-state index contributed by atoms with van der Waals surface area (Å²) in [5.41, 5.74) is 1.11. The van der Waals surface area contributed by atoms with Crippen LogP contribution in [-0.2, 0) is 0 Å². The van der Waals surface area contributed by atoms with Crippen LogP contribution in [0.2, 0.25) is 0 Å². The third kappa shape index (κ3) is 3.86. The summed E-state index contributed by atoms with van der Waals surface area (Å²) in [6.07, 6.45) is 0.996. The number of halogens is 3. The molecule has 0 bridgehead atoms. The quantitative estimate of drug-likeness (QED) is 0.513. The molecule has 0 aliphatic carbocycles. The molecule has 102 valence electrons. The van der Waals surface area contributed by atoms with Crippen LogP contribution >= 0.6 is 47.8 Å². The molecule has 1 atom stereocenters. The fourth-order valence-corrected chi connectivity index (χ4v) is 2.99. The van der Waals surface area contributed by atoms with Gasteiger partial charge in [-0.05, 0) is 68.1 Å². The molecule has 1 heterocycles. The second-order valence-corrected chi connectivity index (χ2v) is 6.59. The molecule has 0 aliphatic heterocycles. The van der Waals surface area contributed by atoms with Gasteiger partial charge in [0.15, 0.2) is 4.67 Å². The highest BCUT2D eigenvalue weighted by Gasteiger charge is 2.15. The van der Waals surface area contributed by atoms with Gasteiger partial charge in [0.25, 0.3) is 0 Å². The number of ether oxygens (including phenoxy) is 1. The molecule has 0 N–H and O–H groups in total. The third-order valence-corrected chi connectivity index (χ3v) is 4.58. The van der Waals surface area contributed by atoms with Gasteiger partial charge in [0, 0.05) is 0 Å². The maximum Gasteiger partial charge on any atom is 0.169 e. The first-order valence-electron chi connectivity index (χ1n) is 5.93. The molecular formula is C14H13Br3O2. The zero-order valence-corrected chi connectivity index (χ0v) is 15.1. The van der Waals surface area contributed by atoms with Gasteiger partial charge in [-0.1, -0.05) is 28.9 Å². The normalized spacial score (nSPS) is 12.4. The van der Waals surface area contributed by atoms with Crippen molar-refractivity contribution in [3.8, 4) is 5.75 Å². The Morgan fingerprint density at radius 3 is 2.58 bits per heavy atom. The van der Waals surface area contributed by atoms with Crippen LogP contribution in [0.5, 0.6) is 5.75 Å². The van der Waals surface area contributed by atoms with Crippen molar-refractivity contribution < 1.29 is 9.15 Å². The smallest absolute Gasteiger partial charge is 0.169 e. The molecule has 0 spiro atoms. The number of alkyl halides is 1. The third-order valence-electron chi connectivity index (χ3n) is 2.55. The lowest BCUT2D eigenvalue weighted by Gasteiger charge is -2.11. The summed E-state index contributed by atoms with van der Waals surface area (Å²) in [6, 6.07) is 9.88. The molecule has 0 aliphatic rings. The molecule has 0 radical (unpaired) electrons. The Bertz CT molecular complexity index is 551. The van der Waals surface area contributed by atoms with E-state index in [4.69, 9.17) is 9.15 Å². The topological polar surface area (TPSA) is 22.4 Å². The van der Waals surface area contributed by atoms with Crippen LogP contribution < -0.4 is 4.74 Å². The summed E-state index contributed by atoms with van der Waals surface area (Å²) in [6.45, 7) is 2.81. The fraction of sp³-hybridized carbons (Fsp3) is 0.286. The van der Waals surface area contributed by atoms with Crippen LogP contribution in [0.25, 0.3) is 0 Å². The maximum atomic E-state index is 5.64. The minimum Gasteiger partial charge on any atom is -0.492 e. The van der Waals surface area contributed by atoms with Crippen molar-refractivity contribution in [1.29, 1.82) is 0 Å². The predicted octanol–water partition coefficient (Wildman–Crippen LogP) is 6.08. The Morgan fingerprint density at radius 2 is 2.00 bits per heavy atom. The van der Waals surface area contributed by atoms with E-state index in [1.54, 1.807) is 0 Å². The molecule has 5 heteroatoms. The molecule has 0 amide bonds. The van der Waals surface area contributed by atoms with Crippen LogP contribution in [-0.4, -0.2) is 6.61 Å². The van der Waals surface area contributed by atoms with Crippen molar-refractivity contribution in [3.63, 3.8) is 0 Å². The summed E-state index contributed by atoms with van der Waals surface area (Å²) in [5.74, 6) is 1.73. The number of hydrogen-bond donors (Lipinski definition) is 0. The number of rotatable bonds is 5. The average Bonchev–Trinajstić information content (AvgIpc) is 2.83. The highest BCUT2D eigenvalue weighted by atomic mass is 79.9. The largest absolute Gasteiger partial charge is 0.492 e. The standard InChI is InChI=1S/C14H13Br3O2/c1-2-7-18-11-4-3-9(8-10(11)15)14(17)12-5-6-13(16)19-12/h3-6,8,14H,2,7H2,1H3. The fourth-order valence-electron chi connectivity index (χ4n) is 1.63. The molecule has 0 fully saturated rings. The van der Waals surface area contributed by atoms with E-state index in [1.165, 1.54) is 0 Å². The first-order chi connectivity index (χ1) is 9.11. The molecule has 2 aromatic rings. The summed E-state index contributed by atoms with van der Waals surface area (Å²) >= 11 is 10.5. The molecule has 2 nitrogen and oxygen atoms in total. The van der Waals surface area contributed by atoms with Gasteiger partial charge in [-0.2, -0.15) is 0 Å². The number of hydrogen-bond acceptors (Lipinski definition) is 2. The summed E-state index contributed by atoms with van der Waals surface area (Å²) in [4.78, 5) is 0.0234. The Kier molecular flexibility index (Phi) is 5.54. The number of furan rings is 1. The molecule has 1 aromatic heterocycles. The molecular weight excluding hydrogens is 440 g/mol. The van der Waals surface area contributed by atoms with Gasteiger partial charge in [-0.15, -0.1) is 0 Å². The average molecular weight is 453 g/mol. The van der Waals surface area contributed by atoms with Crippen molar-refractivity contribution in [3.05, 3.63) is 50.8 Å². The van der Waals surface area contributed by atoms with Crippen LogP contribution in [0.3, 0.4) is 0 Å². The SMILES string of the molecule is CCCOc1ccc(C(Br)c2ccc(Br)o2)cc1Br. The zero-order chi connectivity index (χ0) is 13.8. The summed E-state index contributed by atoms with van der Waals surface area (Å²) < 4.78 is 12.9. The number of benzene rings is 1. The lowest BCUT2D eigenvalue weighted by Crippen LogP contribution is -1.97. The van der Waals surface area contributed by atoms with E-state index < -0.39 is 0 Å². The monoisotopic (exact) mass is 450 g/mol. The van der Waals surface area contributed by atoms with E-state index in [2.05, 4.69) is 54.7 Å². The van der Waals surface area contributed by atoms with E-state index >= 15 is 0 Å².